The summed E-state index contributed by atoms with van der Waals surface area (Å²) in [4.78, 5) is 20.3. The summed E-state index contributed by atoms with van der Waals surface area (Å²) in [6.45, 7) is 2.24. The Morgan fingerprint density at radius 1 is 1.29 bits per heavy atom. The van der Waals surface area contributed by atoms with Crippen LogP contribution in [0, 0.1) is 6.92 Å². The van der Waals surface area contributed by atoms with Crippen LogP contribution in [0.4, 0.5) is 5.69 Å². The summed E-state index contributed by atoms with van der Waals surface area (Å²) in [6, 6.07) is 9.03. The van der Waals surface area contributed by atoms with Crippen molar-refractivity contribution in [3.63, 3.8) is 0 Å². The summed E-state index contributed by atoms with van der Waals surface area (Å²) < 4.78 is 6.43. The number of benzene rings is 1. The Bertz CT molecular complexity index is 819. The maximum Gasteiger partial charge on any atom is 0.274 e. The van der Waals surface area contributed by atoms with Crippen LogP contribution in [0.3, 0.4) is 0 Å². The summed E-state index contributed by atoms with van der Waals surface area (Å²) in [5, 5.41) is 6.14. The number of aryl methyl sites for hydroxylation is 1. The standard InChI is InChI=1S/C14H15N5O2/c1-9-7-13(20)19-14(16-9)17-12(18-19)8-15-10-3-5-11(21-2)6-4-10/h3-7,15H,8H2,1-2H3,(H,16,17,18). The Kier molecular flexibility index (Phi) is 3.31. The number of nitrogens with one attached hydrogen (secondary N) is 2. The van der Waals surface area contributed by atoms with Gasteiger partial charge in [0.2, 0.25) is 0 Å². The van der Waals surface area contributed by atoms with E-state index in [1.807, 2.05) is 24.3 Å². The van der Waals surface area contributed by atoms with E-state index in [-0.39, 0.29) is 5.56 Å². The van der Waals surface area contributed by atoms with E-state index < -0.39 is 0 Å². The molecule has 0 aliphatic carbocycles. The monoisotopic (exact) mass is 285 g/mol. The van der Waals surface area contributed by atoms with Crippen LogP contribution in [0.15, 0.2) is 35.1 Å². The molecule has 0 atom stereocenters. The molecule has 0 spiro atoms. The Morgan fingerprint density at radius 3 is 2.76 bits per heavy atom. The molecule has 3 aromatic rings. The fraction of sp³-hybridized carbons (Fsp3) is 0.214. The number of H-pyrrole nitrogens is 1. The molecule has 3 rings (SSSR count). The average molecular weight is 285 g/mol. The van der Waals surface area contributed by atoms with Crippen LogP contribution in [0.25, 0.3) is 5.78 Å². The van der Waals surface area contributed by atoms with Gasteiger partial charge in [0.1, 0.15) is 11.6 Å². The van der Waals surface area contributed by atoms with Crippen LogP contribution < -0.4 is 15.6 Å². The zero-order chi connectivity index (χ0) is 14.8. The van der Waals surface area contributed by atoms with Crippen LogP contribution >= 0.6 is 0 Å². The molecule has 2 aromatic heterocycles. The SMILES string of the molecule is COc1ccc(NCc2nc3nc(C)cc(=O)n3[nH]2)cc1. The quantitative estimate of drug-likeness (QED) is 0.756. The number of rotatable bonds is 4. The minimum atomic E-state index is -0.166. The zero-order valence-electron chi connectivity index (χ0n) is 11.8. The fourth-order valence-corrected chi connectivity index (χ4v) is 2.01. The molecule has 0 fully saturated rings. The van der Waals surface area contributed by atoms with Crippen molar-refractivity contribution < 1.29 is 4.74 Å². The van der Waals surface area contributed by atoms with Gasteiger partial charge in [-0.15, -0.1) is 0 Å². The van der Waals surface area contributed by atoms with Gasteiger partial charge in [0, 0.05) is 17.4 Å². The van der Waals surface area contributed by atoms with E-state index in [1.165, 1.54) is 10.6 Å². The molecule has 7 heteroatoms. The second-order valence-corrected chi connectivity index (χ2v) is 4.62. The smallest absolute Gasteiger partial charge is 0.274 e. The minimum Gasteiger partial charge on any atom is -0.497 e. The van der Waals surface area contributed by atoms with Gasteiger partial charge in [-0.25, -0.2) is 4.98 Å². The van der Waals surface area contributed by atoms with Crippen molar-refractivity contribution >= 4 is 11.5 Å². The van der Waals surface area contributed by atoms with E-state index >= 15 is 0 Å². The van der Waals surface area contributed by atoms with Gasteiger partial charge in [0.25, 0.3) is 11.3 Å². The summed E-state index contributed by atoms with van der Waals surface area (Å²) in [5.41, 5.74) is 1.43. The number of fused-ring (bicyclic) bond motifs is 1. The first-order valence-corrected chi connectivity index (χ1v) is 6.49. The van der Waals surface area contributed by atoms with Crippen molar-refractivity contribution in [2.45, 2.75) is 13.5 Å². The molecule has 21 heavy (non-hydrogen) atoms. The maximum atomic E-state index is 11.8. The first-order chi connectivity index (χ1) is 10.2. The highest BCUT2D eigenvalue weighted by atomic mass is 16.5. The molecule has 0 radical (unpaired) electrons. The first kappa shape index (κ1) is 13.2. The molecule has 0 saturated carbocycles. The van der Waals surface area contributed by atoms with Gasteiger partial charge < -0.3 is 10.1 Å². The molecule has 0 bridgehead atoms. The molecule has 0 aliphatic heterocycles. The van der Waals surface area contributed by atoms with E-state index in [2.05, 4.69) is 20.4 Å². The van der Waals surface area contributed by atoms with Crippen LogP contribution in [0.5, 0.6) is 5.75 Å². The number of hydrogen-bond donors (Lipinski definition) is 2. The second kappa shape index (κ2) is 5.28. The largest absolute Gasteiger partial charge is 0.497 e. The van der Waals surface area contributed by atoms with Gasteiger partial charge in [-0.3, -0.25) is 9.89 Å². The topological polar surface area (TPSA) is 84.3 Å². The second-order valence-electron chi connectivity index (χ2n) is 4.62. The van der Waals surface area contributed by atoms with Gasteiger partial charge in [-0.2, -0.15) is 9.50 Å². The summed E-state index contributed by atoms with van der Waals surface area (Å²) in [7, 11) is 1.63. The Balaban J connectivity index is 1.78. The molecule has 0 unspecified atom stereocenters. The lowest BCUT2D eigenvalue weighted by Gasteiger charge is -2.05. The summed E-state index contributed by atoms with van der Waals surface area (Å²) in [6.07, 6.45) is 0. The molecule has 0 saturated heterocycles. The molecular weight excluding hydrogens is 270 g/mol. The predicted molar refractivity (Wildman–Crippen MR) is 78.7 cm³/mol. The maximum absolute atomic E-state index is 11.8. The third-order valence-electron chi connectivity index (χ3n) is 3.05. The van der Waals surface area contributed by atoms with Crippen LogP contribution in [-0.4, -0.2) is 26.7 Å². The van der Waals surface area contributed by atoms with Crippen molar-refractivity contribution in [3.05, 3.63) is 52.2 Å². The summed E-state index contributed by atoms with van der Waals surface area (Å²) >= 11 is 0. The van der Waals surface area contributed by atoms with Crippen LogP contribution in [-0.2, 0) is 6.54 Å². The molecule has 2 heterocycles. The number of nitrogens with zero attached hydrogens (tertiary/aromatic N) is 3. The molecule has 1 aromatic carbocycles. The lowest BCUT2D eigenvalue weighted by atomic mass is 10.3. The summed E-state index contributed by atoms with van der Waals surface area (Å²) in [5.74, 6) is 1.82. The number of anilines is 1. The number of aromatic amines is 1. The third kappa shape index (κ3) is 2.71. The fourth-order valence-electron chi connectivity index (χ4n) is 2.01. The molecule has 0 aliphatic rings. The van der Waals surface area contributed by atoms with Crippen molar-refractivity contribution in [2.24, 2.45) is 0 Å². The van der Waals surface area contributed by atoms with Crippen LogP contribution in [0.2, 0.25) is 0 Å². The first-order valence-electron chi connectivity index (χ1n) is 6.49. The molecular formula is C14H15N5O2. The normalized spacial score (nSPS) is 10.8. The highest BCUT2D eigenvalue weighted by molar-refractivity contribution is 5.46. The van der Waals surface area contributed by atoms with Crippen molar-refractivity contribution in [1.29, 1.82) is 0 Å². The minimum absolute atomic E-state index is 0.166. The zero-order valence-corrected chi connectivity index (χ0v) is 11.8. The number of ether oxygens (including phenoxy) is 1. The Hall–Kier alpha value is -2.83. The van der Waals surface area contributed by atoms with E-state index in [4.69, 9.17) is 4.74 Å². The third-order valence-corrected chi connectivity index (χ3v) is 3.05. The lowest BCUT2D eigenvalue weighted by Crippen LogP contribution is -2.14. The predicted octanol–water partition coefficient (Wildman–Crippen LogP) is 1.35. The number of hydrogen-bond acceptors (Lipinski definition) is 5. The van der Waals surface area contributed by atoms with Gasteiger partial charge in [-0.1, -0.05) is 0 Å². The number of aromatic nitrogens is 4. The van der Waals surface area contributed by atoms with E-state index in [1.54, 1.807) is 14.0 Å². The van der Waals surface area contributed by atoms with E-state index in [0.29, 0.717) is 23.8 Å². The lowest BCUT2D eigenvalue weighted by molar-refractivity contribution is 0.415. The van der Waals surface area contributed by atoms with Crippen molar-refractivity contribution in [1.82, 2.24) is 19.6 Å². The molecule has 7 nitrogen and oxygen atoms in total. The van der Waals surface area contributed by atoms with Gasteiger partial charge in [0.05, 0.1) is 13.7 Å². The van der Waals surface area contributed by atoms with Gasteiger partial charge >= 0.3 is 0 Å². The van der Waals surface area contributed by atoms with Crippen LogP contribution in [0.1, 0.15) is 11.5 Å². The number of methoxy groups -OCH3 is 1. The van der Waals surface area contributed by atoms with Crippen molar-refractivity contribution in [2.75, 3.05) is 12.4 Å². The Labute approximate surface area is 120 Å². The molecule has 2 N–H and O–H groups in total. The van der Waals surface area contributed by atoms with E-state index in [9.17, 15) is 4.79 Å². The Morgan fingerprint density at radius 2 is 2.05 bits per heavy atom. The van der Waals surface area contributed by atoms with Crippen molar-refractivity contribution in [3.8, 4) is 5.75 Å². The highest BCUT2D eigenvalue weighted by Crippen LogP contribution is 2.15. The average Bonchev–Trinajstić information content (AvgIpc) is 2.89. The highest BCUT2D eigenvalue weighted by Gasteiger charge is 2.06. The van der Waals surface area contributed by atoms with Gasteiger partial charge in [0.15, 0.2) is 0 Å². The van der Waals surface area contributed by atoms with Gasteiger partial charge in [-0.05, 0) is 31.2 Å². The van der Waals surface area contributed by atoms with E-state index in [0.717, 1.165) is 11.4 Å². The molecule has 108 valence electrons. The molecule has 0 amide bonds.